The number of hydrogen-bond acceptors (Lipinski definition) is 6. The summed E-state index contributed by atoms with van der Waals surface area (Å²) in [7, 11) is -14.7. The molecule has 37 heavy (non-hydrogen) atoms. The first kappa shape index (κ1) is 32.6. The molecule has 2 rings (SSSR count). The van der Waals surface area contributed by atoms with Gasteiger partial charge >= 0.3 is 7.60 Å². The maximum absolute atomic E-state index is 14.6. The second-order valence-corrected chi connectivity index (χ2v) is 31.8. The summed E-state index contributed by atoms with van der Waals surface area (Å²) in [5, 5.41) is 9.36. The summed E-state index contributed by atoms with van der Waals surface area (Å²) in [6, 6.07) is 18.6. The van der Waals surface area contributed by atoms with Crippen LogP contribution in [0.15, 0.2) is 54.6 Å². The lowest BCUT2D eigenvalue weighted by molar-refractivity contribution is 0.325. The summed E-state index contributed by atoms with van der Waals surface area (Å²) in [5.74, 6) is 0. The number of benzene rings is 2. The molecule has 0 radical (unpaired) electrons. The van der Waals surface area contributed by atoms with Crippen molar-refractivity contribution in [1.82, 2.24) is 0 Å². The molecule has 0 aliphatic rings. The van der Waals surface area contributed by atoms with Crippen LogP contribution in [0, 0.1) is 0 Å². The van der Waals surface area contributed by atoms with Crippen LogP contribution in [0.2, 0.25) is 58.9 Å². The van der Waals surface area contributed by atoms with Crippen LogP contribution < -0.4 is 0 Å². The van der Waals surface area contributed by atoms with E-state index in [4.69, 9.17) is 12.6 Å². The molecule has 0 heterocycles. The normalized spacial score (nSPS) is 15.8. The Morgan fingerprint density at radius 1 is 0.703 bits per heavy atom. The predicted octanol–water partition coefficient (Wildman–Crippen LogP) is 8.98. The maximum atomic E-state index is 14.6. The van der Waals surface area contributed by atoms with Gasteiger partial charge in [-0.1, -0.05) is 54.6 Å². The Bertz CT molecular complexity index is 1070. The van der Waals surface area contributed by atoms with E-state index in [0.717, 1.165) is 16.7 Å². The number of aliphatic hydroxyl groups excluding tert-OH is 1. The van der Waals surface area contributed by atoms with E-state index in [-0.39, 0.29) is 0 Å². The van der Waals surface area contributed by atoms with Gasteiger partial charge in [-0.2, -0.15) is 0 Å². The van der Waals surface area contributed by atoms with E-state index in [1.165, 1.54) is 0 Å². The maximum Gasteiger partial charge on any atom is 0.324 e. The van der Waals surface area contributed by atoms with Gasteiger partial charge in [0.1, 0.15) is 11.7 Å². The first-order chi connectivity index (χ1) is 16.9. The van der Waals surface area contributed by atoms with Crippen LogP contribution >= 0.6 is 15.0 Å². The average molecular weight is 601 g/mol. The van der Waals surface area contributed by atoms with Crippen LogP contribution in [0.1, 0.15) is 18.4 Å². The molecule has 0 bridgehead atoms. The molecule has 11 heteroatoms. The van der Waals surface area contributed by atoms with Gasteiger partial charge in [0.2, 0.25) is 7.37 Å². The molecule has 0 saturated heterocycles. The molecule has 2 unspecified atom stereocenters. The smallest absolute Gasteiger partial charge is 0.324 e. The van der Waals surface area contributed by atoms with E-state index in [2.05, 4.69) is 36.4 Å². The average Bonchev–Trinajstić information content (AvgIpc) is 2.73. The van der Waals surface area contributed by atoms with Crippen molar-refractivity contribution in [3.63, 3.8) is 0 Å². The minimum Gasteiger partial charge on any atom is -0.386 e. The predicted molar refractivity (Wildman–Crippen MR) is 164 cm³/mol. The number of hydrogen-bond donors (Lipinski definition) is 1. The molecule has 2 atom stereocenters. The molecule has 208 valence electrons. The van der Waals surface area contributed by atoms with E-state index < -0.39 is 51.7 Å². The zero-order chi connectivity index (χ0) is 28.1. The van der Waals surface area contributed by atoms with Crippen LogP contribution in [-0.4, -0.2) is 41.8 Å². The van der Waals surface area contributed by atoms with Gasteiger partial charge < -0.3 is 17.7 Å². The van der Waals surface area contributed by atoms with Crippen molar-refractivity contribution >= 4 is 39.9 Å². The van der Waals surface area contributed by atoms with Crippen molar-refractivity contribution in [3.05, 3.63) is 60.2 Å². The molecule has 0 saturated carbocycles. The van der Waals surface area contributed by atoms with Gasteiger partial charge in [0.15, 0.2) is 25.0 Å². The van der Waals surface area contributed by atoms with Crippen molar-refractivity contribution in [2.24, 2.45) is 0 Å². The van der Waals surface area contributed by atoms with Crippen LogP contribution in [0.25, 0.3) is 11.1 Å². The van der Waals surface area contributed by atoms with E-state index in [1.807, 2.05) is 77.1 Å². The Labute approximate surface area is 227 Å². The molecular formula is C26H46O6P2Si3. The lowest BCUT2D eigenvalue weighted by Crippen LogP contribution is -2.35. The lowest BCUT2D eigenvalue weighted by atomic mass is 10.0. The van der Waals surface area contributed by atoms with E-state index in [9.17, 15) is 14.2 Å². The van der Waals surface area contributed by atoms with Crippen LogP contribution in [0.5, 0.6) is 0 Å². The molecule has 0 amide bonds. The van der Waals surface area contributed by atoms with E-state index in [0.29, 0.717) is 19.3 Å². The van der Waals surface area contributed by atoms with E-state index >= 15 is 0 Å². The Kier molecular flexibility index (Phi) is 11.2. The van der Waals surface area contributed by atoms with Gasteiger partial charge in [-0.3, -0.25) is 9.13 Å². The van der Waals surface area contributed by atoms with Crippen molar-refractivity contribution in [1.29, 1.82) is 0 Å². The summed E-state index contributed by atoms with van der Waals surface area (Å²) < 4.78 is 47.4. The number of aryl methyl sites for hydroxylation is 1. The molecule has 2 aromatic rings. The first-order valence-corrected chi connectivity index (χ1v) is 26.6. The van der Waals surface area contributed by atoms with Gasteiger partial charge in [0, 0.05) is 0 Å². The minimum absolute atomic E-state index is 0.314. The van der Waals surface area contributed by atoms with E-state index in [1.54, 1.807) is 0 Å². The third-order valence-electron chi connectivity index (χ3n) is 5.24. The minimum atomic E-state index is -3.87. The molecule has 1 N–H and O–H groups in total. The van der Waals surface area contributed by atoms with Gasteiger partial charge in [-0.15, -0.1) is 0 Å². The standard InChI is InChI=1S/C26H46O6P2Si3/c1-35(2,3)30-33(28,22-27)26(34(29,31-36(4,5)6)32-37(7,8)9)17-13-14-23-18-20-25(21-19-23)24-15-11-10-12-16-24/h10-12,15-16,18-21,26-27H,13-14,17,22H2,1-9H3. The first-order valence-electron chi connectivity index (χ1n) is 12.9. The van der Waals surface area contributed by atoms with Crippen molar-refractivity contribution in [2.75, 3.05) is 6.35 Å². The Balaban J connectivity index is 2.36. The second-order valence-electron chi connectivity index (χ2n) is 12.5. The zero-order valence-corrected chi connectivity index (χ0v) is 28.8. The fourth-order valence-corrected chi connectivity index (χ4v) is 20.6. The van der Waals surface area contributed by atoms with Gasteiger partial charge in [-0.25, -0.2) is 0 Å². The summed E-state index contributed by atoms with van der Waals surface area (Å²) >= 11 is 0. The third-order valence-corrected chi connectivity index (χ3v) is 19.5. The van der Waals surface area contributed by atoms with Crippen molar-refractivity contribution in [2.45, 2.75) is 83.6 Å². The fourth-order valence-electron chi connectivity index (χ4n) is 4.10. The Hall–Kier alpha value is -0.609. The molecule has 0 aromatic heterocycles. The largest absolute Gasteiger partial charge is 0.386 e. The fraction of sp³-hybridized carbons (Fsp3) is 0.538. The highest BCUT2D eigenvalue weighted by Gasteiger charge is 2.53. The second kappa shape index (κ2) is 12.7. The highest BCUT2D eigenvalue weighted by molar-refractivity contribution is 7.76. The Morgan fingerprint density at radius 3 is 1.59 bits per heavy atom. The summed E-state index contributed by atoms with van der Waals surface area (Å²) in [4.78, 5) is 0. The molecule has 0 fully saturated rings. The van der Waals surface area contributed by atoms with Crippen LogP contribution in [-0.2, 0) is 28.2 Å². The third kappa shape index (κ3) is 10.8. The van der Waals surface area contributed by atoms with Crippen LogP contribution in [0.4, 0.5) is 0 Å². The molecule has 0 aliphatic heterocycles. The number of aliphatic hydroxyl groups is 1. The summed E-state index contributed by atoms with van der Waals surface area (Å²) in [5.41, 5.74) is 3.44. The quantitative estimate of drug-likeness (QED) is 0.172. The van der Waals surface area contributed by atoms with Gasteiger partial charge in [0.05, 0.1) is 0 Å². The lowest BCUT2D eigenvalue weighted by Gasteiger charge is -2.39. The summed E-state index contributed by atoms with van der Waals surface area (Å²) in [6.07, 6.45) is 0.961. The van der Waals surface area contributed by atoms with Crippen molar-refractivity contribution < 1.29 is 26.9 Å². The topological polar surface area (TPSA) is 82.1 Å². The van der Waals surface area contributed by atoms with Crippen molar-refractivity contribution in [3.8, 4) is 11.1 Å². The molecule has 0 aliphatic carbocycles. The SMILES string of the molecule is C[Si](C)(C)OP(=O)(CO)C(CCCc1ccc(-c2ccccc2)cc1)P(=O)(O[Si](C)(C)C)O[Si](C)(C)C. The molecule has 6 nitrogen and oxygen atoms in total. The molecule has 0 spiro atoms. The summed E-state index contributed by atoms with van der Waals surface area (Å²) in [6.45, 7) is 17.4. The van der Waals surface area contributed by atoms with Crippen LogP contribution in [0.3, 0.4) is 0 Å². The molecular weight excluding hydrogens is 554 g/mol. The Morgan fingerprint density at radius 2 is 1.16 bits per heavy atom. The monoisotopic (exact) mass is 600 g/mol. The zero-order valence-electron chi connectivity index (χ0n) is 24.0. The molecule has 2 aromatic carbocycles. The highest BCUT2D eigenvalue weighted by atomic mass is 31.2. The number of rotatable bonds is 14. The highest BCUT2D eigenvalue weighted by Crippen LogP contribution is 2.73. The van der Waals surface area contributed by atoms with Gasteiger partial charge in [0.25, 0.3) is 0 Å². The van der Waals surface area contributed by atoms with Gasteiger partial charge in [-0.05, 0) is 94.9 Å².